The fraction of sp³-hybridized carbons (Fsp3) is 0.150. The van der Waals surface area contributed by atoms with Crippen LogP contribution in [0.4, 0.5) is 0 Å². The number of halogens is 1. The van der Waals surface area contributed by atoms with E-state index in [0.717, 1.165) is 0 Å². The number of ether oxygens (including phenoxy) is 1. The van der Waals surface area contributed by atoms with Gasteiger partial charge >= 0.3 is 5.97 Å². The third-order valence-electron chi connectivity index (χ3n) is 4.05. The van der Waals surface area contributed by atoms with Crippen LogP contribution < -0.4 is 0 Å². The molecule has 0 saturated heterocycles. The molecular formula is C20H17ClO4S. The fourth-order valence-corrected chi connectivity index (χ4v) is 4.96. The third-order valence-corrected chi connectivity index (χ3v) is 6.43. The SMILES string of the molecule is CCOC(=O)C(c1ccccc1)S(=O)(=O)c1ccc(Cl)c2ccccc12. The van der Waals surface area contributed by atoms with Crippen molar-refractivity contribution in [3.63, 3.8) is 0 Å². The molecule has 3 aromatic rings. The maximum absolute atomic E-state index is 13.4. The van der Waals surface area contributed by atoms with Crippen molar-refractivity contribution in [2.75, 3.05) is 6.61 Å². The molecule has 0 bridgehead atoms. The Morgan fingerprint density at radius 3 is 2.23 bits per heavy atom. The van der Waals surface area contributed by atoms with Crippen LogP contribution >= 0.6 is 11.6 Å². The van der Waals surface area contributed by atoms with Gasteiger partial charge in [0.2, 0.25) is 0 Å². The summed E-state index contributed by atoms with van der Waals surface area (Å²) in [4.78, 5) is 12.6. The number of hydrogen-bond donors (Lipinski definition) is 0. The Morgan fingerprint density at radius 1 is 0.962 bits per heavy atom. The number of fused-ring (bicyclic) bond motifs is 1. The number of rotatable bonds is 5. The van der Waals surface area contributed by atoms with Crippen LogP contribution in [0.25, 0.3) is 10.8 Å². The third kappa shape index (κ3) is 3.32. The van der Waals surface area contributed by atoms with Gasteiger partial charge in [-0.25, -0.2) is 8.42 Å². The van der Waals surface area contributed by atoms with Crippen LogP contribution in [0.3, 0.4) is 0 Å². The van der Waals surface area contributed by atoms with Crippen molar-refractivity contribution in [1.82, 2.24) is 0 Å². The summed E-state index contributed by atoms with van der Waals surface area (Å²) in [5.74, 6) is -0.794. The molecule has 3 rings (SSSR count). The molecule has 1 atom stereocenters. The zero-order chi connectivity index (χ0) is 18.7. The Labute approximate surface area is 157 Å². The highest BCUT2D eigenvalue weighted by atomic mass is 35.5. The van der Waals surface area contributed by atoms with Gasteiger partial charge in [0, 0.05) is 15.8 Å². The number of hydrogen-bond acceptors (Lipinski definition) is 4. The van der Waals surface area contributed by atoms with E-state index in [1.807, 2.05) is 0 Å². The van der Waals surface area contributed by atoms with Gasteiger partial charge in [0.25, 0.3) is 0 Å². The van der Waals surface area contributed by atoms with Crippen molar-refractivity contribution >= 4 is 38.2 Å². The van der Waals surface area contributed by atoms with Gasteiger partial charge in [-0.05, 0) is 24.6 Å². The average molecular weight is 389 g/mol. The maximum atomic E-state index is 13.4. The first-order valence-corrected chi connectivity index (χ1v) is 10.0. The summed E-state index contributed by atoms with van der Waals surface area (Å²) in [6.07, 6.45) is 0. The Balaban J connectivity index is 2.24. The van der Waals surface area contributed by atoms with Gasteiger partial charge in [-0.1, -0.05) is 66.2 Å². The molecule has 0 aliphatic rings. The van der Waals surface area contributed by atoms with E-state index in [9.17, 15) is 13.2 Å². The normalized spacial score (nSPS) is 12.7. The zero-order valence-electron chi connectivity index (χ0n) is 14.1. The van der Waals surface area contributed by atoms with Crippen LogP contribution in [0, 0.1) is 0 Å². The first-order valence-electron chi connectivity index (χ1n) is 8.09. The lowest BCUT2D eigenvalue weighted by atomic mass is 10.1. The lowest BCUT2D eigenvalue weighted by molar-refractivity contribution is -0.142. The molecule has 0 radical (unpaired) electrons. The molecule has 0 amide bonds. The maximum Gasteiger partial charge on any atom is 0.329 e. The standard InChI is InChI=1S/C20H17ClO4S/c1-2-25-20(22)19(14-8-4-3-5-9-14)26(23,24)18-13-12-17(21)15-10-6-7-11-16(15)18/h3-13,19H,2H2,1H3. The highest BCUT2D eigenvalue weighted by molar-refractivity contribution is 7.92. The largest absolute Gasteiger partial charge is 0.465 e. The first-order chi connectivity index (χ1) is 12.5. The molecule has 0 N–H and O–H groups in total. The molecule has 134 valence electrons. The average Bonchev–Trinajstić information content (AvgIpc) is 2.63. The molecule has 0 saturated carbocycles. The van der Waals surface area contributed by atoms with E-state index in [-0.39, 0.29) is 11.5 Å². The van der Waals surface area contributed by atoms with Gasteiger partial charge in [0.05, 0.1) is 11.5 Å². The molecule has 4 nitrogen and oxygen atoms in total. The number of sulfone groups is 1. The summed E-state index contributed by atoms with van der Waals surface area (Å²) < 4.78 is 31.9. The predicted molar refractivity (Wildman–Crippen MR) is 102 cm³/mol. The molecule has 0 aliphatic carbocycles. The molecule has 0 heterocycles. The van der Waals surface area contributed by atoms with Crippen molar-refractivity contribution < 1.29 is 17.9 Å². The number of esters is 1. The van der Waals surface area contributed by atoms with Gasteiger partial charge in [-0.2, -0.15) is 0 Å². The Morgan fingerprint density at radius 2 is 1.58 bits per heavy atom. The minimum atomic E-state index is -4.05. The van der Waals surface area contributed by atoms with E-state index < -0.39 is 21.1 Å². The van der Waals surface area contributed by atoms with E-state index in [4.69, 9.17) is 16.3 Å². The van der Waals surface area contributed by atoms with Gasteiger partial charge in [-0.15, -0.1) is 0 Å². The Kier molecular flexibility index (Phi) is 5.30. The molecule has 0 aromatic heterocycles. The second kappa shape index (κ2) is 7.48. The van der Waals surface area contributed by atoms with Gasteiger partial charge in [0.15, 0.2) is 15.1 Å². The molecule has 3 aromatic carbocycles. The van der Waals surface area contributed by atoms with Crippen LogP contribution in [-0.4, -0.2) is 21.0 Å². The van der Waals surface area contributed by atoms with Crippen LogP contribution in [0.2, 0.25) is 5.02 Å². The van der Waals surface area contributed by atoms with Crippen molar-refractivity contribution in [1.29, 1.82) is 0 Å². The van der Waals surface area contributed by atoms with Gasteiger partial charge in [-0.3, -0.25) is 4.79 Å². The van der Waals surface area contributed by atoms with Crippen LogP contribution in [0.15, 0.2) is 71.6 Å². The molecule has 0 fully saturated rings. The molecule has 1 unspecified atom stereocenters. The van der Waals surface area contributed by atoms with Gasteiger partial charge < -0.3 is 4.74 Å². The summed E-state index contributed by atoms with van der Waals surface area (Å²) in [6.45, 7) is 1.74. The van der Waals surface area contributed by atoms with E-state index in [2.05, 4.69) is 0 Å². The molecule has 0 aliphatic heterocycles. The van der Waals surface area contributed by atoms with Gasteiger partial charge in [0.1, 0.15) is 0 Å². The van der Waals surface area contributed by atoms with Crippen LogP contribution in [0.1, 0.15) is 17.7 Å². The van der Waals surface area contributed by atoms with E-state index >= 15 is 0 Å². The quantitative estimate of drug-likeness (QED) is 0.600. The topological polar surface area (TPSA) is 60.4 Å². The number of benzene rings is 3. The van der Waals surface area contributed by atoms with Crippen molar-refractivity contribution in [2.45, 2.75) is 17.1 Å². The highest BCUT2D eigenvalue weighted by Crippen LogP contribution is 2.36. The van der Waals surface area contributed by atoms with E-state index in [1.54, 1.807) is 61.5 Å². The molecule has 26 heavy (non-hydrogen) atoms. The Hall–Kier alpha value is -2.37. The van der Waals surface area contributed by atoms with Crippen molar-refractivity contribution in [3.8, 4) is 0 Å². The second-order valence-electron chi connectivity index (χ2n) is 5.68. The number of carbonyl (C=O) groups excluding carboxylic acids is 1. The monoisotopic (exact) mass is 388 g/mol. The van der Waals surface area contributed by atoms with Crippen LogP contribution in [0.5, 0.6) is 0 Å². The summed E-state index contributed by atoms with van der Waals surface area (Å²) in [6, 6.07) is 18.3. The number of carbonyl (C=O) groups is 1. The smallest absolute Gasteiger partial charge is 0.329 e. The predicted octanol–water partition coefficient (Wildman–Crippen LogP) is 4.57. The van der Waals surface area contributed by atoms with E-state index in [0.29, 0.717) is 21.4 Å². The fourth-order valence-electron chi connectivity index (χ4n) is 2.90. The Bertz CT molecular complexity index is 1050. The summed E-state index contributed by atoms with van der Waals surface area (Å²) >= 11 is 6.20. The van der Waals surface area contributed by atoms with Crippen LogP contribution in [-0.2, 0) is 19.4 Å². The molecule has 6 heteroatoms. The minimum Gasteiger partial charge on any atom is -0.465 e. The van der Waals surface area contributed by atoms with E-state index in [1.165, 1.54) is 12.1 Å². The minimum absolute atomic E-state index is 0.0550. The molecule has 0 spiro atoms. The lowest BCUT2D eigenvalue weighted by Gasteiger charge is -2.18. The second-order valence-corrected chi connectivity index (χ2v) is 8.09. The highest BCUT2D eigenvalue weighted by Gasteiger charge is 2.37. The lowest BCUT2D eigenvalue weighted by Crippen LogP contribution is -2.25. The summed E-state index contributed by atoms with van der Waals surface area (Å²) in [5, 5.41) is 0.108. The molecular weight excluding hydrogens is 372 g/mol. The van der Waals surface area contributed by atoms with Crippen molar-refractivity contribution in [3.05, 3.63) is 77.3 Å². The summed E-state index contributed by atoms with van der Waals surface area (Å²) in [7, 11) is -4.05. The van der Waals surface area contributed by atoms with Crippen molar-refractivity contribution in [2.24, 2.45) is 0 Å². The first kappa shape index (κ1) is 18.4. The zero-order valence-corrected chi connectivity index (χ0v) is 15.6. The summed E-state index contributed by atoms with van der Waals surface area (Å²) in [5.41, 5.74) is 0.366.